The van der Waals surface area contributed by atoms with Crippen LogP contribution in [0.5, 0.6) is 0 Å². The van der Waals surface area contributed by atoms with E-state index in [1.54, 1.807) is 0 Å². The van der Waals surface area contributed by atoms with E-state index in [0.717, 1.165) is 48.5 Å². The molecule has 1 saturated heterocycles. The summed E-state index contributed by atoms with van der Waals surface area (Å²) in [4.78, 5) is 16.9. The molecule has 3 aromatic heterocycles. The SMILES string of the molecule is CN(C(=O)c1cc2ccccn2c1)C1CN(c2cc3c(nn2)CCC3)C1. The molecular formula is C20H21N5O. The number of aromatic nitrogens is 3. The molecule has 6 nitrogen and oxygen atoms in total. The summed E-state index contributed by atoms with van der Waals surface area (Å²) in [5.74, 6) is 1.01. The first kappa shape index (κ1) is 15.4. The van der Waals surface area contributed by atoms with Crippen molar-refractivity contribution in [2.75, 3.05) is 25.0 Å². The van der Waals surface area contributed by atoms with Crippen LogP contribution in [0.2, 0.25) is 0 Å². The first-order valence-corrected chi connectivity index (χ1v) is 9.13. The van der Waals surface area contributed by atoms with Crippen LogP contribution in [0.1, 0.15) is 28.0 Å². The van der Waals surface area contributed by atoms with E-state index >= 15 is 0 Å². The molecule has 1 aliphatic heterocycles. The Morgan fingerprint density at radius 2 is 2.08 bits per heavy atom. The maximum atomic E-state index is 12.8. The summed E-state index contributed by atoms with van der Waals surface area (Å²) in [5, 5.41) is 8.73. The van der Waals surface area contributed by atoms with E-state index in [2.05, 4.69) is 21.2 Å². The minimum Gasteiger partial charge on any atom is -0.351 e. The molecule has 26 heavy (non-hydrogen) atoms. The Hall–Kier alpha value is -2.89. The molecule has 0 atom stereocenters. The number of nitrogens with zero attached hydrogens (tertiary/aromatic N) is 5. The summed E-state index contributed by atoms with van der Waals surface area (Å²) >= 11 is 0. The maximum Gasteiger partial charge on any atom is 0.255 e. The van der Waals surface area contributed by atoms with Gasteiger partial charge in [-0.25, -0.2) is 0 Å². The van der Waals surface area contributed by atoms with Crippen molar-refractivity contribution in [2.24, 2.45) is 0 Å². The minimum atomic E-state index is 0.0680. The summed E-state index contributed by atoms with van der Waals surface area (Å²) in [6.45, 7) is 1.62. The third-order valence-electron chi connectivity index (χ3n) is 5.61. The Kier molecular flexibility index (Phi) is 3.45. The van der Waals surface area contributed by atoms with Crippen molar-refractivity contribution in [3.63, 3.8) is 0 Å². The van der Waals surface area contributed by atoms with Crippen molar-refractivity contribution >= 4 is 17.2 Å². The quantitative estimate of drug-likeness (QED) is 0.729. The molecule has 0 unspecified atom stereocenters. The van der Waals surface area contributed by atoms with E-state index in [1.165, 1.54) is 12.0 Å². The number of aryl methyl sites for hydroxylation is 2. The average molecular weight is 347 g/mol. The van der Waals surface area contributed by atoms with Gasteiger partial charge in [-0.2, -0.15) is 5.10 Å². The van der Waals surface area contributed by atoms with Crippen LogP contribution in [0.3, 0.4) is 0 Å². The second kappa shape index (κ2) is 5.83. The number of likely N-dealkylation sites (N-methyl/N-ethyl adjacent to an activating group) is 1. The lowest BCUT2D eigenvalue weighted by molar-refractivity contribution is 0.0705. The molecule has 0 radical (unpaired) electrons. The molecule has 1 fully saturated rings. The number of rotatable bonds is 3. The summed E-state index contributed by atoms with van der Waals surface area (Å²) in [6, 6.07) is 10.3. The lowest BCUT2D eigenvalue weighted by atomic mass is 10.1. The van der Waals surface area contributed by atoms with Gasteiger partial charge in [-0.1, -0.05) is 6.07 Å². The van der Waals surface area contributed by atoms with E-state index < -0.39 is 0 Å². The number of carbonyl (C=O) groups excluding carboxylic acids is 1. The van der Waals surface area contributed by atoms with Crippen LogP contribution in [0.25, 0.3) is 5.52 Å². The number of anilines is 1. The van der Waals surface area contributed by atoms with Gasteiger partial charge in [-0.15, -0.1) is 5.10 Å². The highest BCUT2D eigenvalue weighted by atomic mass is 16.2. The van der Waals surface area contributed by atoms with Gasteiger partial charge in [-0.05, 0) is 49.1 Å². The number of hydrogen-bond acceptors (Lipinski definition) is 4. The molecule has 0 spiro atoms. The van der Waals surface area contributed by atoms with Gasteiger partial charge >= 0.3 is 0 Å². The van der Waals surface area contributed by atoms with Crippen LogP contribution in [-0.2, 0) is 12.8 Å². The van der Waals surface area contributed by atoms with Gasteiger partial charge in [0.2, 0.25) is 0 Å². The predicted molar refractivity (Wildman–Crippen MR) is 99.5 cm³/mol. The zero-order valence-electron chi connectivity index (χ0n) is 14.8. The Balaban J connectivity index is 1.27. The van der Waals surface area contributed by atoms with Gasteiger partial charge < -0.3 is 14.2 Å². The van der Waals surface area contributed by atoms with E-state index in [1.807, 2.05) is 53.0 Å². The monoisotopic (exact) mass is 347 g/mol. The minimum absolute atomic E-state index is 0.0680. The van der Waals surface area contributed by atoms with Gasteiger partial charge in [0.1, 0.15) is 0 Å². The standard InChI is InChI=1S/C20H21N5O/c1-23(20(26)15-9-16-6-2-3-8-24(16)11-15)17-12-25(13-17)19-10-14-5-4-7-18(14)21-22-19/h2-3,6,8-11,17H,4-5,7,12-13H2,1H3. The van der Waals surface area contributed by atoms with Crippen LogP contribution in [0.4, 0.5) is 5.82 Å². The van der Waals surface area contributed by atoms with Crippen LogP contribution in [0, 0.1) is 0 Å². The Morgan fingerprint density at radius 1 is 1.19 bits per heavy atom. The van der Waals surface area contributed by atoms with Crippen molar-refractivity contribution in [1.82, 2.24) is 19.5 Å². The second-order valence-corrected chi connectivity index (χ2v) is 7.26. The molecule has 1 aliphatic carbocycles. The van der Waals surface area contributed by atoms with Crippen LogP contribution in [-0.4, -0.2) is 51.6 Å². The second-order valence-electron chi connectivity index (χ2n) is 7.26. The zero-order valence-corrected chi connectivity index (χ0v) is 14.8. The van der Waals surface area contributed by atoms with Crippen LogP contribution >= 0.6 is 0 Å². The number of fused-ring (bicyclic) bond motifs is 2. The number of amides is 1. The first-order valence-electron chi connectivity index (χ1n) is 9.13. The Morgan fingerprint density at radius 3 is 2.92 bits per heavy atom. The van der Waals surface area contributed by atoms with Gasteiger partial charge in [0, 0.05) is 38.0 Å². The van der Waals surface area contributed by atoms with Crippen LogP contribution < -0.4 is 4.90 Å². The molecule has 0 bridgehead atoms. The topological polar surface area (TPSA) is 53.7 Å². The highest BCUT2D eigenvalue weighted by molar-refractivity contribution is 5.95. The maximum absolute atomic E-state index is 12.8. The predicted octanol–water partition coefficient (Wildman–Crippen LogP) is 2.18. The Labute approximate surface area is 152 Å². The number of pyridine rings is 1. The fourth-order valence-electron chi connectivity index (χ4n) is 3.90. The zero-order chi connectivity index (χ0) is 17.7. The molecule has 4 heterocycles. The first-order chi connectivity index (χ1) is 12.7. The van der Waals surface area contributed by atoms with Gasteiger partial charge in [0.05, 0.1) is 17.3 Å². The third kappa shape index (κ3) is 2.44. The highest BCUT2D eigenvalue weighted by Crippen LogP contribution is 2.27. The largest absolute Gasteiger partial charge is 0.351 e. The van der Waals surface area contributed by atoms with E-state index in [-0.39, 0.29) is 11.9 Å². The molecule has 0 saturated carbocycles. The van der Waals surface area contributed by atoms with E-state index in [9.17, 15) is 4.79 Å². The summed E-state index contributed by atoms with van der Waals surface area (Å²) in [5.41, 5.74) is 4.25. The molecule has 132 valence electrons. The van der Waals surface area contributed by atoms with Crippen molar-refractivity contribution in [1.29, 1.82) is 0 Å². The fraction of sp³-hybridized carbons (Fsp3) is 0.350. The molecule has 1 amide bonds. The molecular weight excluding hydrogens is 326 g/mol. The third-order valence-corrected chi connectivity index (χ3v) is 5.61. The molecule has 3 aromatic rings. The van der Waals surface area contributed by atoms with Crippen molar-refractivity contribution in [3.8, 4) is 0 Å². The van der Waals surface area contributed by atoms with Crippen molar-refractivity contribution in [2.45, 2.75) is 25.3 Å². The van der Waals surface area contributed by atoms with Gasteiger partial charge in [-0.3, -0.25) is 4.79 Å². The molecule has 0 aromatic carbocycles. The molecule has 6 heteroatoms. The highest BCUT2D eigenvalue weighted by Gasteiger charge is 2.34. The molecule has 5 rings (SSSR count). The number of carbonyl (C=O) groups is 1. The van der Waals surface area contributed by atoms with E-state index in [0.29, 0.717) is 0 Å². The number of hydrogen-bond donors (Lipinski definition) is 0. The lowest BCUT2D eigenvalue weighted by Crippen LogP contribution is -2.60. The van der Waals surface area contributed by atoms with E-state index in [4.69, 9.17) is 0 Å². The average Bonchev–Trinajstić information content (AvgIpc) is 3.25. The molecule has 0 N–H and O–H groups in total. The molecule has 2 aliphatic rings. The fourth-order valence-corrected chi connectivity index (χ4v) is 3.90. The lowest BCUT2D eigenvalue weighted by Gasteiger charge is -2.44. The van der Waals surface area contributed by atoms with Gasteiger partial charge in [0.25, 0.3) is 5.91 Å². The summed E-state index contributed by atoms with van der Waals surface area (Å²) in [7, 11) is 1.89. The smallest absolute Gasteiger partial charge is 0.255 e. The summed E-state index contributed by atoms with van der Waals surface area (Å²) in [6.07, 6.45) is 7.20. The van der Waals surface area contributed by atoms with Crippen molar-refractivity contribution < 1.29 is 4.79 Å². The van der Waals surface area contributed by atoms with Crippen LogP contribution in [0.15, 0.2) is 42.7 Å². The summed E-state index contributed by atoms with van der Waals surface area (Å²) < 4.78 is 1.98. The normalized spacial score (nSPS) is 16.6. The van der Waals surface area contributed by atoms with Gasteiger partial charge in [0.15, 0.2) is 5.82 Å². The van der Waals surface area contributed by atoms with Crippen molar-refractivity contribution in [3.05, 3.63) is 59.5 Å². The Bertz CT molecular complexity index is 956.